The second-order valence-corrected chi connectivity index (χ2v) is 7.01. The molecule has 1 aromatic rings. The van der Waals surface area contributed by atoms with Crippen LogP contribution in [-0.2, 0) is 4.79 Å². The number of rotatable bonds is 6. The molecule has 2 fully saturated rings. The molecule has 1 atom stereocenters. The van der Waals surface area contributed by atoms with Crippen molar-refractivity contribution in [2.75, 3.05) is 18.4 Å². The zero-order chi connectivity index (χ0) is 14.2. The third kappa shape index (κ3) is 2.92. The van der Waals surface area contributed by atoms with E-state index in [2.05, 4.69) is 28.8 Å². The Hall–Kier alpha value is -1.51. The van der Waals surface area contributed by atoms with Crippen molar-refractivity contribution in [2.45, 2.75) is 38.0 Å². The molecule has 2 N–H and O–H groups in total. The van der Waals surface area contributed by atoms with E-state index in [0.29, 0.717) is 12.3 Å². The summed E-state index contributed by atoms with van der Waals surface area (Å²) in [6.07, 6.45) is 6.16. The maximum absolute atomic E-state index is 12.3. The van der Waals surface area contributed by atoms with Crippen molar-refractivity contribution in [3.8, 4) is 0 Å². The Balaban J connectivity index is 1.30. The van der Waals surface area contributed by atoms with Crippen molar-refractivity contribution >= 4 is 11.6 Å². The fraction of sp³-hybridized carbons (Fsp3) is 0.611. The Labute approximate surface area is 126 Å². The average Bonchev–Trinajstić information content (AvgIpc) is 3.40. The smallest absolute Gasteiger partial charge is 0.220 e. The van der Waals surface area contributed by atoms with Gasteiger partial charge in [-0.25, -0.2) is 0 Å². The van der Waals surface area contributed by atoms with Gasteiger partial charge in [-0.1, -0.05) is 18.2 Å². The van der Waals surface area contributed by atoms with Gasteiger partial charge >= 0.3 is 0 Å². The summed E-state index contributed by atoms with van der Waals surface area (Å²) in [4.78, 5) is 12.3. The van der Waals surface area contributed by atoms with Crippen LogP contribution in [0.25, 0.3) is 0 Å². The van der Waals surface area contributed by atoms with Gasteiger partial charge in [-0.15, -0.1) is 0 Å². The van der Waals surface area contributed by atoms with Gasteiger partial charge in [0, 0.05) is 31.1 Å². The Morgan fingerprint density at radius 1 is 1.19 bits per heavy atom. The van der Waals surface area contributed by atoms with Crippen LogP contribution in [-0.4, -0.2) is 19.0 Å². The van der Waals surface area contributed by atoms with Crippen LogP contribution in [0.4, 0.5) is 5.69 Å². The number of para-hydroxylation sites is 1. The van der Waals surface area contributed by atoms with E-state index in [0.717, 1.165) is 30.8 Å². The number of anilines is 1. The molecular formula is C18H24N2O. The second-order valence-electron chi connectivity index (χ2n) is 7.01. The summed E-state index contributed by atoms with van der Waals surface area (Å²) >= 11 is 0. The van der Waals surface area contributed by atoms with E-state index in [4.69, 9.17) is 0 Å². The number of hydrogen-bond acceptors (Lipinski definition) is 2. The molecule has 0 radical (unpaired) electrons. The lowest BCUT2D eigenvalue weighted by Gasteiger charge is -2.17. The molecule has 0 aromatic heterocycles. The van der Waals surface area contributed by atoms with E-state index in [1.165, 1.54) is 36.9 Å². The molecule has 0 spiro atoms. The third-order valence-corrected chi connectivity index (χ3v) is 5.36. The lowest BCUT2D eigenvalue weighted by molar-refractivity contribution is -0.121. The zero-order valence-corrected chi connectivity index (χ0v) is 12.5. The lowest BCUT2D eigenvalue weighted by Crippen LogP contribution is -2.32. The fourth-order valence-corrected chi connectivity index (χ4v) is 3.83. The number of carbonyl (C=O) groups is 1. The van der Waals surface area contributed by atoms with Crippen LogP contribution in [0.1, 0.15) is 43.6 Å². The van der Waals surface area contributed by atoms with Gasteiger partial charge < -0.3 is 10.6 Å². The van der Waals surface area contributed by atoms with Crippen LogP contribution >= 0.6 is 0 Å². The largest absolute Gasteiger partial charge is 0.384 e. The monoisotopic (exact) mass is 284 g/mol. The first kappa shape index (κ1) is 13.2. The molecule has 0 saturated heterocycles. The first-order valence-corrected chi connectivity index (χ1v) is 8.41. The number of hydrogen-bond donors (Lipinski definition) is 2. The first-order chi connectivity index (χ1) is 10.3. The van der Waals surface area contributed by atoms with Crippen molar-refractivity contribution in [3.63, 3.8) is 0 Å². The number of benzene rings is 1. The molecule has 1 aliphatic heterocycles. The predicted molar refractivity (Wildman–Crippen MR) is 84.2 cm³/mol. The van der Waals surface area contributed by atoms with Crippen LogP contribution in [0.2, 0.25) is 0 Å². The Morgan fingerprint density at radius 3 is 2.62 bits per heavy atom. The van der Waals surface area contributed by atoms with Crippen molar-refractivity contribution in [1.82, 2.24) is 5.32 Å². The van der Waals surface area contributed by atoms with Crippen LogP contribution < -0.4 is 10.6 Å². The molecular weight excluding hydrogens is 260 g/mol. The minimum absolute atomic E-state index is 0.227. The van der Waals surface area contributed by atoms with E-state index in [9.17, 15) is 4.79 Å². The fourth-order valence-electron chi connectivity index (χ4n) is 3.83. The van der Waals surface area contributed by atoms with Crippen LogP contribution in [0.3, 0.4) is 0 Å². The standard InChI is InChI=1S/C18H24N2O/c21-18(20-11-16(12-5-6-12)13-7-8-13)9-14-10-19-17-4-2-1-3-15(14)17/h1-4,12-14,16,19H,5-11H2,(H,20,21). The van der Waals surface area contributed by atoms with Crippen molar-refractivity contribution < 1.29 is 4.79 Å². The van der Waals surface area contributed by atoms with Crippen molar-refractivity contribution in [1.29, 1.82) is 0 Å². The molecule has 112 valence electrons. The molecule has 2 saturated carbocycles. The van der Waals surface area contributed by atoms with Gasteiger partial charge in [0.1, 0.15) is 0 Å². The maximum Gasteiger partial charge on any atom is 0.220 e. The van der Waals surface area contributed by atoms with Crippen molar-refractivity contribution in [3.05, 3.63) is 29.8 Å². The van der Waals surface area contributed by atoms with Gasteiger partial charge in [0.05, 0.1) is 0 Å². The van der Waals surface area contributed by atoms with Gasteiger partial charge in [-0.2, -0.15) is 0 Å². The molecule has 2 aliphatic carbocycles. The van der Waals surface area contributed by atoms with Crippen LogP contribution in [0.15, 0.2) is 24.3 Å². The maximum atomic E-state index is 12.3. The highest BCUT2D eigenvalue weighted by molar-refractivity contribution is 5.78. The molecule has 4 rings (SSSR count). The van der Waals surface area contributed by atoms with Gasteiger partial charge in [0.25, 0.3) is 0 Å². The summed E-state index contributed by atoms with van der Waals surface area (Å²) in [5.41, 5.74) is 2.50. The quantitative estimate of drug-likeness (QED) is 0.842. The third-order valence-electron chi connectivity index (χ3n) is 5.36. The van der Waals surface area contributed by atoms with E-state index in [1.54, 1.807) is 0 Å². The highest BCUT2D eigenvalue weighted by Gasteiger charge is 2.41. The Kier molecular flexibility index (Phi) is 3.36. The van der Waals surface area contributed by atoms with Gasteiger partial charge in [-0.3, -0.25) is 4.79 Å². The molecule has 0 bridgehead atoms. The number of nitrogens with one attached hydrogen (secondary N) is 2. The van der Waals surface area contributed by atoms with Crippen molar-refractivity contribution in [2.24, 2.45) is 17.8 Å². The molecule has 3 aliphatic rings. The molecule has 1 heterocycles. The second kappa shape index (κ2) is 5.36. The number of amides is 1. The SMILES string of the molecule is O=C(CC1CNc2ccccc21)NCC(C1CC1)C1CC1. The van der Waals surface area contributed by atoms with Crippen LogP contribution in [0.5, 0.6) is 0 Å². The van der Waals surface area contributed by atoms with E-state index in [1.807, 2.05) is 6.07 Å². The minimum Gasteiger partial charge on any atom is -0.384 e. The summed E-state index contributed by atoms with van der Waals surface area (Å²) in [6.45, 7) is 1.80. The van der Waals surface area contributed by atoms with E-state index >= 15 is 0 Å². The van der Waals surface area contributed by atoms with Crippen LogP contribution in [0, 0.1) is 17.8 Å². The molecule has 1 unspecified atom stereocenters. The normalized spacial score (nSPS) is 23.8. The van der Waals surface area contributed by atoms with Gasteiger partial charge in [0.15, 0.2) is 0 Å². The predicted octanol–water partition coefficient (Wildman–Crippen LogP) is 3.14. The minimum atomic E-state index is 0.227. The van der Waals surface area contributed by atoms with E-state index in [-0.39, 0.29) is 5.91 Å². The Morgan fingerprint density at radius 2 is 1.90 bits per heavy atom. The number of fused-ring (bicyclic) bond motifs is 1. The number of carbonyl (C=O) groups excluding carboxylic acids is 1. The van der Waals surface area contributed by atoms with Gasteiger partial charge in [-0.05, 0) is 55.1 Å². The molecule has 3 nitrogen and oxygen atoms in total. The molecule has 3 heteroatoms. The molecule has 1 aromatic carbocycles. The summed E-state index contributed by atoms with van der Waals surface area (Å²) < 4.78 is 0. The summed E-state index contributed by atoms with van der Waals surface area (Å²) in [5.74, 6) is 3.15. The summed E-state index contributed by atoms with van der Waals surface area (Å²) in [5, 5.41) is 6.61. The first-order valence-electron chi connectivity index (χ1n) is 8.41. The topological polar surface area (TPSA) is 41.1 Å². The Bertz CT molecular complexity index is 522. The average molecular weight is 284 g/mol. The zero-order valence-electron chi connectivity index (χ0n) is 12.5. The highest BCUT2D eigenvalue weighted by Crippen LogP contribution is 2.48. The van der Waals surface area contributed by atoms with Gasteiger partial charge in [0.2, 0.25) is 5.91 Å². The highest BCUT2D eigenvalue weighted by atomic mass is 16.1. The van der Waals surface area contributed by atoms with E-state index < -0.39 is 0 Å². The lowest BCUT2D eigenvalue weighted by atomic mass is 9.96. The summed E-state index contributed by atoms with van der Waals surface area (Å²) in [6, 6.07) is 8.35. The summed E-state index contributed by atoms with van der Waals surface area (Å²) in [7, 11) is 0. The molecule has 1 amide bonds. The molecule has 21 heavy (non-hydrogen) atoms.